The fourth-order valence-corrected chi connectivity index (χ4v) is 8.32. The van der Waals surface area contributed by atoms with Crippen molar-refractivity contribution in [2.75, 3.05) is 53.3 Å². The first-order chi connectivity index (χ1) is 8.74. The second-order valence-corrected chi connectivity index (χ2v) is 11.5. The maximum atomic E-state index is 2.35. The highest BCUT2D eigenvalue weighted by molar-refractivity contribution is 8.34. The molecule has 0 amide bonds. The lowest BCUT2D eigenvalue weighted by Gasteiger charge is -2.31. The fourth-order valence-electron chi connectivity index (χ4n) is 1.27. The van der Waals surface area contributed by atoms with Gasteiger partial charge in [-0.05, 0) is 25.2 Å². The molecule has 0 saturated heterocycles. The summed E-state index contributed by atoms with van der Waals surface area (Å²) in [4.78, 5) is 0. The van der Waals surface area contributed by atoms with Crippen molar-refractivity contribution < 1.29 is 0 Å². The fraction of sp³-hybridized carbons (Fsp3) is 1.00. The Labute approximate surface area is 139 Å². The molecule has 0 aromatic carbocycles. The zero-order valence-corrected chi connectivity index (χ0v) is 16.8. The lowest BCUT2D eigenvalue weighted by atomic mass is 10.6. The van der Waals surface area contributed by atoms with E-state index in [4.69, 9.17) is 0 Å². The molecular weight excluding hydrogens is 337 g/mol. The lowest BCUT2D eigenvalue weighted by Crippen LogP contribution is -2.18. The summed E-state index contributed by atoms with van der Waals surface area (Å²) in [7, 11) is 0. The Bertz CT molecular complexity index is 149. The Hall–Kier alpha value is 2.10. The van der Waals surface area contributed by atoms with E-state index in [1.54, 1.807) is 0 Å². The van der Waals surface area contributed by atoms with Crippen LogP contribution >= 0.6 is 70.6 Å². The van der Waals surface area contributed by atoms with Crippen molar-refractivity contribution >= 4 is 70.6 Å². The van der Waals surface area contributed by atoms with Crippen LogP contribution in [0.5, 0.6) is 0 Å². The molecule has 0 radical (unpaired) electrons. The Morgan fingerprint density at radius 3 is 1.17 bits per heavy atom. The van der Waals surface area contributed by atoms with Gasteiger partial charge in [0.25, 0.3) is 0 Å². The summed E-state index contributed by atoms with van der Waals surface area (Å²) in [5.74, 6) is 7.68. The van der Waals surface area contributed by atoms with E-state index in [9.17, 15) is 0 Å². The molecule has 110 valence electrons. The molecule has 0 atom stereocenters. The Balaban J connectivity index is 4.20. The summed E-state index contributed by atoms with van der Waals surface area (Å²) >= 11 is 12.4. The molecule has 0 spiro atoms. The van der Waals surface area contributed by atoms with Gasteiger partial charge in [-0.1, -0.05) is 6.92 Å². The molecule has 0 aliphatic rings. The molecule has 0 aromatic rings. The molecule has 0 unspecified atom stereocenters. The second-order valence-electron chi connectivity index (χ2n) is 3.56. The van der Waals surface area contributed by atoms with E-state index >= 15 is 0 Å². The summed E-state index contributed by atoms with van der Waals surface area (Å²) in [5.41, 5.74) is 0. The molecule has 0 rings (SSSR count). The molecule has 0 bridgehead atoms. The smallest absolute Gasteiger partial charge is 0.106 e. The molecule has 0 aromatic heterocycles. The van der Waals surface area contributed by atoms with Crippen molar-refractivity contribution in [3.8, 4) is 0 Å². The van der Waals surface area contributed by atoms with E-state index in [2.05, 4.69) is 61.0 Å². The SMILES string of the molecule is CCC(SCCSC)(SCCSC)SCCSC. The normalized spacial score (nSPS) is 12.0. The second kappa shape index (κ2) is 14.1. The zero-order valence-electron chi connectivity index (χ0n) is 11.9. The molecule has 0 nitrogen and oxygen atoms in total. The monoisotopic (exact) mass is 362 g/mol. The van der Waals surface area contributed by atoms with Gasteiger partial charge in [-0.15, -0.1) is 35.3 Å². The first-order valence-electron chi connectivity index (χ1n) is 6.13. The van der Waals surface area contributed by atoms with Gasteiger partial charge < -0.3 is 0 Å². The van der Waals surface area contributed by atoms with Crippen molar-refractivity contribution in [3.63, 3.8) is 0 Å². The van der Waals surface area contributed by atoms with Gasteiger partial charge in [0.2, 0.25) is 0 Å². The van der Waals surface area contributed by atoms with Gasteiger partial charge in [-0.2, -0.15) is 35.3 Å². The standard InChI is InChI=1S/C12H26S6/c1-5-12(16-9-6-13-2,17-10-7-14-3)18-11-8-15-4/h5-11H2,1-4H3. The Morgan fingerprint density at radius 1 is 0.611 bits per heavy atom. The van der Waals surface area contributed by atoms with Gasteiger partial charge in [0.1, 0.15) is 3.41 Å². The maximum Gasteiger partial charge on any atom is 0.106 e. The predicted molar refractivity (Wildman–Crippen MR) is 106 cm³/mol. The summed E-state index contributed by atoms with van der Waals surface area (Å²) in [6.45, 7) is 2.35. The summed E-state index contributed by atoms with van der Waals surface area (Å²) < 4.78 is 0.404. The largest absolute Gasteiger partial charge is 0.165 e. The highest BCUT2D eigenvalue weighted by Gasteiger charge is 2.29. The van der Waals surface area contributed by atoms with Gasteiger partial charge in [0.05, 0.1) is 0 Å². The summed E-state index contributed by atoms with van der Waals surface area (Å²) in [6.07, 6.45) is 7.88. The molecule has 6 heteroatoms. The maximum absolute atomic E-state index is 2.35. The van der Waals surface area contributed by atoms with E-state index in [0.29, 0.717) is 3.41 Å². The number of rotatable bonds is 13. The van der Waals surface area contributed by atoms with Crippen LogP contribution in [0.3, 0.4) is 0 Å². The predicted octanol–water partition coefficient (Wildman–Crippen LogP) is 5.34. The molecular formula is C12H26S6. The van der Waals surface area contributed by atoms with Crippen molar-refractivity contribution in [3.05, 3.63) is 0 Å². The molecule has 0 heterocycles. The van der Waals surface area contributed by atoms with E-state index < -0.39 is 0 Å². The van der Waals surface area contributed by atoms with Crippen LogP contribution in [0.4, 0.5) is 0 Å². The van der Waals surface area contributed by atoms with Crippen molar-refractivity contribution in [2.24, 2.45) is 0 Å². The number of hydrogen-bond donors (Lipinski definition) is 0. The Morgan fingerprint density at radius 2 is 0.944 bits per heavy atom. The van der Waals surface area contributed by atoms with Crippen LogP contribution in [0.1, 0.15) is 13.3 Å². The summed E-state index contributed by atoms with van der Waals surface area (Å²) in [5, 5.41) is 0. The molecule has 0 aliphatic carbocycles. The van der Waals surface area contributed by atoms with Crippen LogP contribution in [-0.2, 0) is 0 Å². The van der Waals surface area contributed by atoms with Crippen LogP contribution in [-0.4, -0.2) is 56.7 Å². The minimum atomic E-state index is 0.404. The van der Waals surface area contributed by atoms with Crippen molar-refractivity contribution in [1.29, 1.82) is 0 Å². The van der Waals surface area contributed by atoms with Gasteiger partial charge in [-0.3, -0.25) is 0 Å². The number of thioether (sulfide) groups is 6. The van der Waals surface area contributed by atoms with Gasteiger partial charge in [-0.25, -0.2) is 0 Å². The third kappa shape index (κ3) is 9.92. The van der Waals surface area contributed by atoms with Gasteiger partial charge in [0.15, 0.2) is 0 Å². The van der Waals surface area contributed by atoms with Crippen LogP contribution in [0.15, 0.2) is 0 Å². The van der Waals surface area contributed by atoms with Crippen molar-refractivity contribution in [1.82, 2.24) is 0 Å². The molecule has 0 saturated carbocycles. The highest BCUT2D eigenvalue weighted by Crippen LogP contribution is 2.49. The topological polar surface area (TPSA) is 0 Å². The molecule has 0 N–H and O–H groups in total. The Kier molecular flexibility index (Phi) is 15.7. The van der Waals surface area contributed by atoms with Gasteiger partial charge in [0, 0.05) is 34.5 Å². The van der Waals surface area contributed by atoms with Crippen LogP contribution in [0, 0.1) is 0 Å². The molecule has 0 fully saturated rings. The average Bonchev–Trinajstić information content (AvgIpc) is 2.39. The average molecular weight is 363 g/mol. The first-order valence-corrected chi connectivity index (χ1v) is 13.3. The quantitative estimate of drug-likeness (QED) is 0.318. The van der Waals surface area contributed by atoms with Crippen molar-refractivity contribution in [2.45, 2.75) is 16.8 Å². The van der Waals surface area contributed by atoms with E-state index in [0.717, 1.165) is 0 Å². The summed E-state index contributed by atoms with van der Waals surface area (Å²) in [6, 6.07) is 0. The first kappa shape index (κ1) is 20.1. The number of hydrogen-bond acceptors (Lipinski definition) is 6. The third-order valence-corrected chi connectivity index (χ3v) is 10.4. The van der Waals surface area contributed by atoms with Crippen LogP contribution in [0.2, 0.25) is 0 Å². The zero-order chi connectivity index (χ0) is 13.7. The van der Waals surface area contributed by atoms with E-state index in [1.165, 1.54) is 40.9 Å². The lowest BCUT2D eigenvalue weighted by molar-refractivity contribution is 1.00. The highest BCUT2D eigenvalue weighted by atomic mass is 32.3. The van der Waals surface area contributed by atoms with Crippen LogP contribution < -0.4 is 0 Å². The van der Waals surface area contributed by atoms with Gasteiger partial charge >= 0.3 is 0 Å². The molecule has 18 heavy (non-hydrogen) atoms. The van der Waals surface area contributed by atoms with Crippen LogP contribution in [0.25, 0.3) is 0 Å². The van der Waals surface area contributed by atoms with E-state index in [1.807, 2.05) is 35.3 Å². The minimum Gasteiger partial charge on any atom is -0.165 e. The van der Waals surface area contributed by atoms with E-state index in [-0.39, 0.29) is 0 Å². The molecule has 0 aliphatic heterocycles. The minimum absolute atomic E-state index is 0.404. The third-order valence-electron chi connectivity index (χ3n) is 2.26.